The van der Waals surface area contributed by atoms with Crippen LogP contribution in [-0.4, -0.2) is 26.7 Å². The van der Waals surface area contributed by atoms with Crippen LogP contribution < -0.4 is 0 Å². The fourth-order valence-corrected chi connectivity index (χ4v) is 2.91. The van der Waals surface area contributed by atoms with E-state index in [4.69, 9.17) is 0 Å². The minimum absolute atomic E-state index is 0.107. The van der Waals surface area contributed by atoms with Crippen molar-refractivity contribution in [3.05, 3.63) is 30.1 Å². The maximum absolute atomic E-state index is 12.6. The van der Waals surface area contributed by atoms with Crippen molar-refractivity contribution in [3.8, 4) is 0 Å². The third-order valence-corrected chi connectivity index (χ3v) is 4.32. The zero-order chi connectivity index (χ0) is 16.7. The van der Waals surface area contributed by atoms with Gasteiger partial charge in [0.05, 0.1) is 0 Å². The summed E-state index contributed by atoms with van der Waals surface area (Å²) in [6.07, 6.45) is 10.2. The molecular formula is C18H27N3O2. The van der Waals surface area contributed by atoms with E-state index in [1.807, 2.05) is 6.92 Å². The summed E-state index contributed by atoms with van der Waals surface area (Å²) in [7, 11) is 0. The molecule has 1 aliphatic heterocycles. The quantitative estimate of drug-likeness (QED) is 0.745. The summed E-state index contributed by atoms with van der Waals surface area (Å²) < 4.78 is 0. The third kappa shape index (κ3) is 4.16. The molecule has 126 valence electrons. The minimum atomic E-state index is -1.37. The van der Waals surface area contributed by atoms with Crippen molar-refractivity contribution in [1.29, 1.82) is 0 Å². The van der Waals surface area contributed by atoms with Crippen LogP contribution in [0.3, 0.4) is 0 Å². The van der Waals surface area contributed by atoms with Crippen LogP contribution in [0.1, 0.15) is 70.8 Å². The molecule has 0 spiro atoms. The Morgan fingerprint density at radius 3 is 2.57 bits per heavy atom. The first kappa shape index (κ1) is 17.6. The molecule has 1 amide bonds. The Kier molecular flexibility index (Phi) is 6.28. The number of hydrazone groups is 1. The predicted molar refractivity (Wildman–Crippen MR) is 90.7 cm³/mol. The van der Waals surface area contributed by atoms with Gasteiger partial charge in [-0.15, -0.1) is 0 Å². The summed E-state index contributed by atoms with van der Waals surface area (Å²) in [5.41, 5.74) is 0.150. The Labute approximate surface area is 138 Å². The summed E-state index contributed by atoms with van der Waals surface area (Å²) in [5, 5.41) is 16.8. The number of amides is 1. The van der Waals surface area contributed by atoms with Gasteiger partial charge in [0.2, 0.25) is 5.91 Å². The van der Waals surface area contributed by atoms with Crippen LogP contribution in [0, 0.1) is 0 Å². The largest absolute Gasteiger partial charge is 0.365 e. The van der Waals surface area contributed by atoms with Crippen molar-refractivity contribution in [2.24, 2.45) is 5.10 Å². The molecular weight excluding hydrogens is 290 g/mol. The lowest BCUT2D eigenvalue weighted by Crippen LogP contribution is -2.43. The average molecular weight is 317 g/mol. The number of hydrogen-bond acceptors (Lipinski definition) is 4. The smallest absolute Gasteiger partial charge is 0.245 e. The standard InChI is InChI=1S/C18H27N3O2/c1-3-5-6-7-8-9-17(22)21-18(23,14-16(4-2)20-21)15-10-12-19-13-11-15/h10-13,23H,3-9,14H2,1-2H3/t18-/m0/s1. The van der Waals surface area contributed by atoms with Gasteiger partial charge in [-0.05, 0) is 25.0 Å². The Bertz CT molecular complexity index is 544. The van der Waals surface area contributed by atoms with Gasteiger partial charge >= 0.3 is 0 Å². The second-order valence-corrected chi connectivity index (χ2v) is 6.12. The first-order valence-corrected chi connectivity index (χ1v) is 8.64. The topological polar surface area (TPSA) is 65.8 Å². The second kappa shape index (κ2) is 8.20. The molecule has 0 aromatic carbocycles. The van der Waals surface area contributed by atoms with Crippen molar-refractivity contribution in [2.75, 3.05) is 0 Å². The second-order valence-electron chi connectivity index (χ2n) is 6.12. The van der Waals surface area contributed by atoms with E-state index in [0.29, 0.717) is 18.4 Å². The van der Waals surface area contributed by atoms with Crippen LogP contribution >= 0.6 is 0 Å². The first-order chi connectivity index (χ1) is 11.1. The Morgan fingerprint density at radius 2 is 1.91 bits per heavy atom. The van der Waals surface area contributed by atoms with Crippen LogP contribution in [0.5, 0.6) is 0 Å². The van der Waals surface area contributed by atoms with E-state index in [9.17, 15) is 9.90 Å². The zero-order valence-electron chi connectivity index (χ0n) is 14.2. The van der Waals surface area contributed by atoms with Crippen LogP contribution in [-0.2, 0) is 10.5 Å². The van der Waals surface area contributed by atoms with Crippen LogP contribution in [0.25, 0.3) is 0 Å². The number of rotatable bonds is 8. The van der Waals surface area contributed by atoms with E-state index < -0.39 is 5.72 Å². The van der Waals surface area contributed by atoms with Crippen molar-refractivity contribution in [3.63, 3.8) is 0 Å². The number of carbonyl (C=O) groups is 1. The molecule has 5 nitrogen and oxygen atoms in total. The van der Waals surface area contributed by atoms with Gasteiger partial charge in [0.15, 0.2) is 5.72 Å². The lowest BCUT2D eigenvalue weighted by Gasteiger charge is -2.31. The Morgan fingerprint density at radius 1 is 1.22 bits per heavy atom. The van der Waals surface area contributed by atoms with Gasteiger partial charge in [-0.2, -0.15) is 10.1 Å². The van der Waals surface area contributed by atoms with E-state index in [0.717, 1.165) is 31.4 Å². The molecule has 0 saturated carbocycles. The first-order valence-electron chi connectivity index (χ1n) is 8.64. The molecule has 1 aromatic rings. The molecule has 1 atom stereocenters. The summed E-state index contributed by atoms with van der Waals surface area (Å²) in [6.45, 7) is 4.16. The molecule has 0 unspecified atom stereocenters. The molecule has 0 saturated heterocycles. The predicted octanol–water partition coefficient (Wildman–Crippen LogP) is 3.59. The lowest BCUT2D eigenvalue weighted by atomic mass is 9.97. The van der Waals surface area contributed by atoms with Crippen LogP contribution in [0.2, 0.25) is 0 Å². The maximum atomic E-state index is 12.6. The van der Waals surface area contributed by atoms with E-state index in [1.165, 1.54) is 17.9 Å². The summed E-state index contributed by atoms with van der Waals surface area (Å²) >= 11 is 0. The normalized spacial score (nSPS) is 20.7. The van der Waals surface area contributed by atoms with Crippen LogP contribution in [0.4, 0.5) is 0 Å². The van der Waals surface area contributed by atoms with E-state index >= 15 is 0 Å². The van der Waals surface area contributed by atoms with Gasteiger partial charge in [-0.25, -0.2) is 0 Å². The van der Waals surface area contributed by atoms with Gasteiger partial charge in [-0.1, -0.05) is 39.5 Å². The van der Waals surface area contributed by atoms with Gasteiger partial charge in [0.25, 0.3) is 0 Å². The monoisotopic (exact) mass is 317 g/mol. The van der Waals surface area contributed by atoms with Gasteiger partial charge < -0.3 is 5.11 Å². The van der Waals surface area contributed by atoms with E-state index in [2.05, 4.69) is 17.0 Å². The Hall–Kier alpha value is -1.75. The average Bonchev–Trinajstić information content (AvgIpc) is 2.94. The van der Waals surface area contributed by atoms with Crippen molar-refractivity contribution in [1.82, 2.24) is 9.99 Å². The fourth-order valence-electron chi connectivity index (χ4n) is 2.91. The lowest BCUT2D eigenvalue weighted by molar-refractivity contribution is -0.157. The highest BCUT2D eigenvalue weighted by Crippen LogP contribution is 2.36. The van der Waals surface area contributed by atoms with Crippen molar-refractivity contribution in [2.45, 2.75) is 70.9 Å². The van der Waals surface area contributed by atoms with Crippen molar-refractivity contribution >= 4 is 11.6 Å². The van der Waals surface area contributed by atoms with Crippen molar-refractivity contribution < 1.29 is 9.90 Å². The molecule has 23 heavy (non-hydrogen) atoms. The number of hydrogen-bond donors (Lipinski definition) is 1. The highest BCUT2D eigenvalue weighted by atomic mass is 16.3. The third-order valence-electron chi connectivity index (χ3n) is 4.32. The maximum Gasteiger partial charge on any atom is 0.245 e. The summed E-state index contributed by atoms with van der Waals surface area (Å²) in [4.78, 5) is 16.6. The van der Waals surface area contributed by atoms with Crippen LogP contribution in [0.15, 0.2) is 29.6 Å². The Balaban J connectivity index is 2.06. The molecule has 2 rings (SSSR count). The fraction of sp³-hybridized carbons (Fsp3) is 0.611. The summed E-state index contributed by atoms with van der Waals surface area (Å²) in [5.74, 6) is -0.107. The number of aromatic nitrogens is 1. The number of nitrogens with zero attached hydrogens (tertiary/aromatic N) is 3. The number of aliphatic hydroxyl groups is 1. The molecule has 0 fully saturated rings. The summed E-state index contributed by atoms with van der Waals surface area (Å²) in [6, 6.07) is 3.49. The SMILES string of the molecule is CCCCCCCC(=O)N1N=C(CC)C[C@]1(O)c1ccncc1. The molecule has 0 radical (unpaired) electrons. The number of carbonyl (C=O) groups excluding carboxylic acids is 1. The minimum Gasteiger partial charge on any atom is -0.365 e. The highest BCUT2D eigenvalue weighted by Gasteiger charge is 2.44. The molecule has 2 heterocycles. The molecule has 1 aliphatic rings. The molecule has 0 bridgehead atoms. The molecule has 5 heteroatoms. The van der Waals surface area contributed by atoms with Gasteiger partial charge in [-0.3, -0.25) is 9.78 Å². The molecule has 1 N–H and O–H groups in total. The molecule has 0 aliphatic carbocycles. The number of unbranched alkanes of at least 4 members (excludes halogenated alkanes) is 4. The number of pyridine rings is 1. The zero-order valence-corrected chi connectivity index (χ0v) is 14.2. The molecule has 1 aromatic heterocycles. The van der Waals surface area contributed by atoms with Gasteiger partial charge in [0, 0.05) is 36.5 Å². The van der Waals surface area contributed by atoms with E-state index in [-0.39, 0.29) is 5.91 Å². The van der Waals surface area contributed by atoms with E-state index in [1.54, 1.807) is 24.5 Å². The highest BCUT2D eigenvalue weighted by molar-refractivity contribution is 5.90. The van der Waals surface area contributed by atoms with Gasteiger partial charge in [0.1, 0.15) is 0 Å².